The van der Waals surface area contributed by atoms with Crippen LogP contribution in [0.25, 0.3) is 21.9 Å². The van der Waals surface area contributed by atoms with Crippen LogP contribution in [0.15, 0.2) is 24.3 Å². The van der Waals surface area contributed by atoms with Gasteiger partial charge in [0, 0.05) is 12.0 Å². The third-order valence-electron chi connectivity index (χ3n) is 5.45. The number of nitrogen functional groups attached to an aromatic ring is 1. The van der Waals surface area contributed by atoms with Gasteiger partial charge in [0.25, 0.3) is 0 Å². The fourth-order valence-electron chi connectivity index (χ4n) is 3.82. The maximum atomic E-state index is 6.28. The largest absolute Gasteiger partial charge is 0.382 e. The van der Waals surface area contributed by atoms with E-state index in [1.807, 2.05) is 31.2 Å². The van der Waals surface area contributed by atoms with Crippen LogP contribution in [-0.2, 0) is 41.0 Å². The molecule has 0 amide bonds. The predicted octanol–water partition coefficient (Wildman–Crippen LogP) is 3.41. The van der Waals surface area contributed by atoms with Gasteiger partial charge in [-0.05, 0) is 39.7 Å². The first-order valence-corrected chi connectivity index (χ1v) is 12.6. The van der Waals surface area contributed by atoms with Gasteiger partial charge in [-0.25, -0.2) is 9.97 Å². The van der Waals surface area contributed by atoms with Gasteiger partial charge in [0.15, 0.2) is 5.82 Å². The molecular weight excluding hydrogens is 484 g/mol. The van der Waals surface area contributed by atoms with E-state index in [2.05, 4.69) is 40.5 Å². The first-order chi connectivity index (χ1) is 17.5. The van der Waals surface area contributed by atoms with Crippen LogP contribution in [0.5, 0.6) is 0 Å². The van der Waals surface area contributed by atoms with Gasteiger partial charge in [-0.3, -0.25) is 0 Å². The standard InChI is InChI=1S/C25H38N4O6S/c1-4-30-17-21-28-22-23(19-7-5-6-8-20(19)27-24(22)26)29(21)18-25(2,3)34-15-13-32-11-9-31-10-12-33-14-16-35-36/h5-8,36H,4,9-18H2,1-3H3,(H2,26,27). The lowest BCUT2D eigenvalue weighted by Gasteiger charge is -2.27. The van der Waals surface area contributed by atoms with Crippen LogP contribution in [0.2, 0.25) is 0 Å². The molecule has 0 radical (unpaired) electrons. The molecule has 0 unspecified atom stereocenters. The number of rotatable bonds is 18. The Bertz CT molecular complexity index is 1080. The zero-order valence-corrected chi connectivity index (χ0v) is 22.3. The number of hydrogen-bond acceptors (Lipinski definition) is 10. The zero-order valence-electron chi connectivity index (χ0n) is 21.4. The monoisotopic (exact) mass is 522 g/mol. The number of thiol groups is 1. The molecule has 10 nitrogen and oxygen atoms in total. The van der Waals surface area contributed by atoms with Crippen molar-refractivity contribution in [1.82, 2.24) is 14.5 Å². The van der Waals surface area contributed by atoms with Crippen LogP contribution in [-0.4, -0.2) is 79.6 Å². The first-order valence-electron chi connectivity index (χ1n) is 12.2. The van der Waals surface area contributed by atoms with Crippen molar-refractivity contribution in [2.45, 2.75) is 39.5 Å². The summed E-state index contributed by atoms with van der Waals surface area (Å²) < 4.78 is 35.1. The number of benzene rings is 1. The maximum absolute atomic E-state index is 6.28. The summed E-state index contributed by atoms with van der Waals surface area (Å²) in [5, 5.41) is 0.997. The van der Waals surface area contributed by atoms with Crippen molar-refractivity contribution >= 4 is 40.7 Å². The van der Waals surface area contributed by atoms with Gasteiger partial charge in [0.2, 0.25) is 0 Å². The van der Waals surface area contributed by atoms with E-state index in [9.17, 15) is 0 Å². The summed E-state index contributed by atoms with van der Waals surface area (Å²) >= 11 is 3.65. The molecule has 1 aromatic carbocycles. The molecule has 3 aromatic rings. The Morgan fingerprint density at radius 1 is 0.889 bits per heavy atom. The molecular formula is C25H38N4O6S. The third kappa shape index (κ3) is 8.27. The number of para-hydroxylation sites is 1. The molecule has 0 atom stereocenters. The molecule has 200 valence electrons. The van der Waals surface area contributed by atoms with Crippen molar-refractivity contribution < 1.29 is 27.9 Å². The highest BCUT2D eigenvalue weighted by atomic mass is 32.1. The number of hydrogen-bond donors (Lipinski definition) is 2. The molecule has 11 heteroatoms. The summed E-state index contributed by atoms with van der Waals surface area (Å²) in [6.07, 6.45) is 0. The lowest BCUT2D eigenvalue weighted by Crippen LogP contribution is -2.32. The van der Waals surface area contributed by atoms with Crippen LogP contribution >= 0.6 is 12.9 Å². The fraction of sp³-hybridized carbons (Fsp3) is 0.600. The van der Waals surface area contributed by atoms with Crippen molar-refractivity contribution in [2.75, 3.05) is 65.2 Å². The predicted molar refractivity (Wildman–Crippen MR) is 142 cm³/mol. The molecule has 0 aliphatic carbocycles. The van der Waals surface area contributed by atoms with Crippen molar-refractivity contribution in [3.8, 4) is 0 Å². The number of fused-ring (bicyclic) bond motifs is 3. The number of nitrogens with two attached hydrogens (primary N) is 1. The molecule has 0 bridgehead atoms. The highest BCUT2D eigenvalue weighted by molar-refractivity contribution is 7.75. The molecule has 2 N–H and O–H groups in total. The zero-order chi connectivity index (χ0) is 25.8. The first kappa shape index (κ1) is 28.6. The number of nitrogens with zero attached hydrogens (tertiary/aromatic N) is 3. The summed E-state index contributed by atoms with van der Waals surface area (Å²) in [5.74, 6) is 1.21. The Morgan fingerprint density at radius 3 is 2.19 bits per heavy atom. The van der Waals surface area contributed by atoms with E-state index in [4.69, 9.17) is 34.4 Å². The molecule has 0 spiro atoms. The van der Waals surface area contributed by atoms with Gasteiger partial charge < -0.3 is 38.2 Å². The Balaban J connectivity index is 1.55. The Hall–Kier alpha value is -1.99. The molecule has 0 saturated carbocycles. The van der Waals surface area contributed by atoms with E-state index in [-0.39, 0.29) is 0 Å². The maximum Gasteiger partial charge on any atom is 0.152 e. The summed E-state index contributed by atoms with van der Waals surface area (Å²) in [6, 6.07) is 7.94. The van der Waals surface area contributed by atoms with Crippen molar-refractivity contribution in [2.24, 2.45) is 0 Å². The van der Waals surface area contributed by atoms with Crippen LogP contribution < -0.4 is 5.73 Å². The average molecular weight is 523 g/mol. The average Bonchev–Trinajstić information content (AvgIpc) is 3.21. The number of aromatic nitrogens is 3. The van der Waals surface area contributed by atoms with Crippen molar-refractivity contribution in [3.63, 3.8) is 0 Å². The smallest absolute Gasteiger partial charge is 0.152 e. The van der Waals surface area contributed by atoms with Crippen LogP contribution in [0.1, 0.15) is 26.6 Å². The number of anilines is 1. The molecule has 2 aromatic heterocycles. The molecule has 0 aliphatic rings. The Kier molecular flexibility index (Phi) is 11.6. The summed E-state index contributed by atoms with van der Waals surface area (Å²) in [5.41, 5.74) is 8.26. The van der Waals surface area contributed by atoms with E-state index < -0.39 is 5.60 Å². The second-order valence-electron chi connectivity index (χ2n) is 8.74. The lowest BCUT2D eigenvalue weighted by atomic mass is 10.1. The van der Waals surface area contributed by atoms with Gasteiger partial charge in [-0.15, -0.1) is 0 Å². The third-order valence-corrected chi connectivity index (χ3v) is 5.63. The Morgan fingerprint density at radius 2 is 1.53 bits per heavy atom. The van der Waals surface area contributed by atoms with Gasteiger partial charge in [-0.2, -0.15) is 0 Å². The fourth-order valence-corrected chi connectivity index (χ4v) is 3.89. The van der Waals surface area contributed by atoms with Gasteiger partial charge in [0.1, 0.15) is 17.9 Å². The lowest BCUT2D eigenvalue weighted by molar-refractivity contribution is -0.0616. The summed E-state index contributed by atoms with van der Waals surface area (Å²) in [7, 11) is 0. The van der Waals surface area contributed by atoms with Crippen LogP contribution in [0, 0.1) is 0 Å². The number of ether oxygens (including phenoxy) is 5. The molecule has 3 rings (SSSR count). The minimum absolute atomic E-state index is 0.381. The minimum Gasteiger partial charge on any atom is -0.382 e. The molecule has 2 heterocycles. The summed E-state index contributed by atoms with van der Waals surface area (Å²) in [4.78, 5) is 9.32. The molecule has 0 aliphatic heterocycles. The molecule has 36 heavy (non-hydrogen) atoms. The van der Waals surface area contributed by atoms with Crippen LogP contribution in [0.3, 0.4) is 0 Å². The second-order valence-corrected chi connectivity index (χ2v) is 9.00. The highest BCUT2D eigenvalue weighted by Crippen LogP contribution is 2.30. The van der Waals surface area contributed by atoms with Crippen molar-refractivity contribution in [1.29, 1.82) is 0 Å². The van der Waals surface area contributed by atoms with Gasteiger partial charge in [-0.1, -0.05) is 18.2 Å². The second kappa shape index (κ2) is 14.7. The SMILES string of the molecule is CCOCc1nc2c(N)nc3ccccc3c2n1CC(C)(C)OCCOCCOCCOCCOS. The number of pyridine rings is 1. The normalized spacial score (nSPS) is 12.2. The topological polar surface area (TPSA) is 112 Å². The van der Waals surface area contributed by atoms with E-state index >= 15 is 0 Å². The van der Waals surface area contributed by atoms with Gasteiger partial charge in [0.05, 0.1) is 76.0 Å². The molecule has 0 saturated heterocycles. The molecule has 0 fully saturated rings. The van der Waals surface area contributed by atoms with E-state index in [0.29, 0.717) is 83.9 Å². The van der Waals surface area contributed by atoms with Crippen molar-refractivity contribution in [3.05, 3.63) is 30.1 Å². The van der Waals surface area contributed by atoms with E-state index in [1.165, 1.54) is 0 Å². The van der Waals surface area contributed by atoms with Gasteiger partial charge >= 0.3 is 0 Å². The van der Waals surface area contributed by atoms with E-state index in [1.54, 1.807) is 0 Å². The Labute approximate surface area is 218 Å². The minimum atomic E-state index is -0.484. The number of imidazole rings is 1. The van der Waals surface area contributed by atoms with E-state index in [0.717, 1.165) is 22.2 Å². The van der Waals surface area contributed by atoms with Crippen LogP contribution in [0.4, 0.5) is 5.82 Å². The summed E-state index contributed by atoms with van der Waals surface area (Å²) in [6.45, 7) is 11.5. The quantitative estimate of drug-likeness (QED) is 0.147. The highest BCUT2D eigenvalue weighted by Gasteiger charge is 2.25.